The molecule has 1 rings (SSSR count). The van der Waals surface area contributed by atoms with E-state index < -0.39 is 31.8 Å². The summed E-state index contributed by atoms with van der Waals surface area (Å²) in [5.41, 5.74) is -5.64. The van der Waals surface area contributed by atoms with E-state index >= 15 is 0 Å². The minimum atomic E-state index is -5.79. The highest BCUT2D eigenvalue weighted by molar-refractivity contribution is 7.93. The van der Waals surface area contributed by atoms with Crippen molar-refractivity contribution in [3.8, 4) is 0 Å². The third-order valence-electron chi connectivity index (χ3n) is 1.19. The van der Waals surface area contributed by atoms with Crippen molar-refractivity contribution in [2.24, 2.45) is 0 Å². The number of hydrogen-bond acceptors (Lipinski definition) is 5. The smallest absolute Gasteiger partial charge is 0.250 e. The van der Waals surface area contributed by atoms with Crippen molar-refractivity contribution in [3.63, 3.8) is 0 Å². The van der Waals surface area contributed by atoms with Crippen molar-refractivity contribution in [3.05, 3.63) is 5.01 Å². The number of sulfonamides is 1. The number of nitrogens with zero attached hydrogens (tertiary/aromatic N) is 2. The second kappa shape index (κ2) is 3.97. The van der Waals surface area contributed by atoms with Crippen LogP contribution < -0.4 is 4.72 Å². The lowest BCUT2D eigenvalue weighted by molar-refractivity contribution is -0.138. The standard InChI is InChI=1S/C4HF6N3O2S2/c5-3(6,7)1-11-12-2(16-1)13-17(14,15)4(8,9)10/h(H,12,13). The van der Waals surface area contributed by atoms with Gasteiger partial charge in [-0.3, -0.25) is 0 Å². The van der Waals surface area contributed by atoms with Gasteiger partial charge in [-0.25, -0.2) is 4.72 Å². The molecular formula is C4HF6N3O2S2. The molecule has 1 aromatic rings. The van der Waals surface area contributed by atoms with Crippen molar-refractivity contribution in [2.75, 3.05) is 4.72 Å². The Morgan fingerprint density at radius 2 is 1.59 bits per heavy atom. The average Bonchev–Trinajstić information content (AvgIpc) is 2.48. The topological polar surface area (TPSA) is 72.0 Å². The highest BCUT2D eigenvalue weighted by atomic mass is 32.2. The molecule has 0 fully saturated rings. The molecule has 0 spiro atoms. The lowest BCUT2D eigenvalue weighted by Gasteiger charge is -2.06. The Labute approximate surface area is 93.5 Å². The summed E-state index contributed by atoms with van der Waals surface area (Å²) in [6, 6.07) is 0. The molecule has 0 atom stereocenters. The van der Waals surface area contributed by atoms with Crippen molar-refractivity contribution in [1.82, 2.24) is 10.2 Å². The summed E-state index contributed by atoms with van der Waals surface area (Å²) in [7, 11) is -5.79. The summed E-state index contributed by atoms with van der Waals surface area (Å²) in [5, 5.41) is 2.47. The van der Waals surface area contributed by atoms with Crippen LogP contribution in [0.1, 0.15) is 5.01 Å². The van der Waals surface area contributed by atoms with Gasteiger partial charge < -0.3 is 0 Å². The molecule has 1 aromatic heterocycles. The molecule has 1 N–H and O–H groups in total. The number of alkyl halides is 6. The quantitative estimate of drug-likeness (QED) is 0.846. The first-order valence-electron chi connectivity index (χ1n) is 3.43. The molecule has 0 unspecified atom stereocenters. The number of nitrogens with one attached hydrogen (secondary N) is 1. The fraction of sp³-hybridized carbons (Fsp3) is 0.500. The Bertz CT molecular complexity index is 502. The molecule has 0 aliphatic heterocycles. The van der Waals surface area contributed by atoms with Crippen LogP contribution in [-0.4, -0.2) is 24.1 Å². The van der Waals surface area contributed by atoms with Gasteiger partial charge in [-0.15, -0.1) is 10.2 Å². The lowest BCUT2D eigenvalue weighted by Crippen LogP contribution is -2.29. The molecule has 0 saturated heterocycles. The van der Waals surface area contributed by atoms with Gasteiger partial charge in [0.15, 0.2) is 0 Å². The minimum absolute atomic E-state index is 0.355. The zero-order valence-electron chi connectivity index (χ0n) is 7.30. The van der Waals surface area contributed by atoms with E-state index in [0.717, 1.165) is 4.72 Å². The zero-order valence-corrected chi connectivity index (χ0v) is 8.93. The summed E-state index contributed by atoms with van der Waals surface area (Å²) < 4.78 is 93.3. The molecule has 17 heavy (non-hydrogen) atoms. The van der Waals surface area contributed by atoms with E-state index in [9.17, 15) is 34.8 Å². The highest BCUT2D eigenvalue weighted by Crippen LogP contribution is 2.34. The summed E-state index contributed by atoms with van der Waals surface area (Å²) in [6.07, 6.45) is -4.90. The maximum absolute atomic E-state index is 12.0. The zero-order chi connectivity index (χ0) is 13.5. The first-order chi connectivity index (χ1) is 7.43. The van der Waals surface area contributed by atoms with Gasteiger partial charge in [0.2, 0.25) is 10.1 Å². The Morgan fingerprint density at radius 1 is 1.06 bits per heavy atom. The van der Waals surface area contributed by atoms with Gasteiger partial charge >= 0.3 is 21.7 Å². The molecule has 13 heteroatoms. The van der Waals surface area contributed by atoms with Gasteiger partial charge in [0.05, 0.1) is 0 Å². The van der Waals surface area contributed by atoms with Crippen molar-refractivity contribution < 1.29 is 34.8 Å². The number of halogens is 6. The van der Waals surface area contributed by atoms with E-state index in [0.29, 0.717) is 0 Å². The van der Waals surface area contributed by atoms with Crippen molar-refractivity contribution in [1.29, 1.82) is 0 Å². The van der Waals surface area contributed by atoms with Gasteiger partial charge in [0.25, 0.3) is 0 Å². The normalized spacial score (nSPS) is 13.8. The molecule has 1 heterocycles. The molecule has 98 valence electrons. The molecule has 5 nitrogen and oxygen atoms in total. The fourth-order valence-electron chi connectivity index (χ4n) is 0.552. The van der Waals surface area contributed by atoms with E-state index in [-0.39, 0.29) is 11.3 Å². The van der Waals surface area contributed by atoms with Crippen LogP contribution in [0, 0.1) is 0 Å². The van der Waals surface area contributed by atoms with Crippen LogP contribution in [0.4, 0.5) is 31.5 Å². The second-order valence-corrected chi connectivity index (χ2v) is 5.11. The molecule has 0 bridgehead atoms. The largest absolute Gasteiger partial charge is 0.516 e. The van der Waals surface area contributed by atoms with Crippen molar-refractivity contribution in [2.45, 2.75) is 11.7 Å². The van der Waals surface area contributed by atoms with Crippen LogP contribution in [0.5, 0.6) is 0 Å². The maximum Gasteiger partial charge on any atom is 0.516 e. The summed E-state index contributed by atoms with van der Waals surface area (Å²) >= 11 is -0.355. The lowest BCUT2D eigenvalue weighted by atomic mass is 10.7. The molecule has 0 aliphatic carbocycles. The number of hydrogen-bond donors (Lipinski definition) is 1. The number of anilines is 1. The Morgan fingerprint density at radius 3 is 1.94 bits per heavy atom. The number of aromatic nitrogens is 2. The van der Waals surface area contributed by atoms with Crippen LogP contribution in [-0.2, 0) is 16.2 Å². The SMILES string of the molecule is O=S(=O)(Nc1nnc(C(F)(F)F)s1)C(F)(F)F. The molecule has 0 aromatic carbocycles. The van der Waals surface area contributed by atoms with E-state index in [1.54, 1.807) is 0 Å². The van der Waals surface area contributed by atoms with Crippen LogP contribution in [0.3, 0.4) is 0 Å². The predicted octanol–water partition coefficient (Wildman–Crippen LogP) is 1.82. The third-order valence-corrected chi connectivity index (χ3v) is 3.28. The van der Waals surface area contributed by atoms with Crippen LogP contribution in [0.2, 0.25) is 0 Å². The van der Waals surface area contributed by atoms with Gasteiger partial charge in [0, 0.05) is 0 Å². The highest BCUT2D eigenvalue weighted by Gasteiger charge is 2.47. The average molecular weight is 301 g/mol. The van der Waals surface area contributed by atoms with Crippen LogP contribution >= 0.6 is 11.3 Å². The molecule has 0 amide bonds. The predicted molar refractivity (Wildman–Crippen MR) is 43.5 cm³/mol. The third kappa shape index (κ3) is 3.18. The van der Waals surface area contributed by atoms with E-state index in [2.05, 4.69) is 10.2 Å². The van der Waals surface area contributed by atoms with Gasteiger partial charge in [-0.1, -0.05) is 11.3 Å². The maximum atomic E-state index is 12.0. The fourth-order valence-corrected chi connectivity index (χ4v) is 1.90. The Kier molecular flexibility index (Phi) is 3.26. The van der Waals surface area contributed by atoms with Gasteiger partial charge in [-0.2, -0.15) is 34.8 Å². The number of rotatable bonds is 2. The van der Waals surface area contributed by atoms with Gasteiger partial charge in [-0.05, 0) is 0 Å². The van der Waals surface area contributed by atoms with E-state index in [1.165, 1.54) is 0 Å². The molecular weight excluding hydrogens is 300 g/mol. The summed E-state index contributed by atoms with van der Waals surface area (Å²) in [6.45, 7) is 0. The second-order valence-electron chi connectivity index (χ2n) is 2.46. The minimum Gasteiger partial charge on any atom is -0.250 e. The van der Waals surface area contributed by atoms with E-state index in [1.807, 2.05) is 0 Å². The first kappa shape index (κ1) is 14.0. The Hall–Kier alpha value is -1.11. The van der Waals surface area contributed by atoms with Crippen LogP contribution in [0.15, 0.2) is 0 Å². The van der Waals surface area contributed by atoms with Crippen molar-refractivity contribution >= 4 is 26.5 Å². The first-order valence-corrected chi connectivity index (χ1v) is 5.73. The summed E-state index contributed by atoms with van der Waals surface area (Å²) in [4.78, 5) is 0. The van der Waals surface area contributed by atoms with Crippen LogP contribution in [0.25, 0.3) is 0 Å². The monoisotopic (exact) mass is 301 g/mol. The molecule has 0 aliphatic rings. The molecule has 0 radical (unpaired) electrons. The van der Waals surface area contributed by atoms with E-state index in [4.69, 9.17) is 0 Å². The molecule has 0 saturated carbocycles. The Balaban J connectivity index is 2.96. The van der Waals surface area contributed by atoms with Gasteiger partial charge in [0.1, 0.15) is 0 Å². The summed E-state index contributed by atoms with van der Waals surface area (Å²) in [5.74, 6) is 0.